The van der Waals surface area contributed by atoms with E-state index in [1.54, 1.807) is 11.3 Å². The predicted octanol–water partition coefficient (Wildman–Crippen LogP) is 16.8. The fraction of sp³-hybridized carbons (Fsp3) is 0.0645. The van der Waals surface area contributed by atoms with Crippen LogP contribution in [0.15, 0.2) is 231 Å². The molecule has 4 heteroatoms. The Hall–Kier alpha value is -8.10. The molecular formula is C62H49N3S. The molecule has 3 nitrogen and oxygen atoms in total. The van der Waals surface area contributed by atoms with Crippen LogP contribution in [0.5, 0.6) is 0 Å². The maximum absolute atomic E-state index is 7.51. The van der Waals surface area contributed by atoms with Gasteiger partial charge in [-0.15, -0.1) is 11.3 Å². The van der Waals surface area contributed by atoms with Gasteiger partial charge in [-0.2, -0.15) is 0 Å². The molecular weight excluding hydrogens is 819 g/mol. The van der Waals surface area contributed by atoms with Crippen LogP contribution in [-0.2, 0) is 0 Å². The van der Waals surface area contributed by atoms with Crippen LogP contribution in [0.4, 0.5) is 5.69 Å². The lowest BCUT2D eigenvalue weighted by Crippen LogP contribution is -2.21. The molecule has 1 heterocycles. The van der Waals surface area contributed by atoms with E-state index in [9.17, 15) is 0 Å². The van der Waals surface area contributed by atoms with E-state index in [0.717, 1.165) is 33.9 Å². The summed E-state index contributed by atoms with van der Waals surface area (Å²) >= 11 is 1.56. The van der Waals surface area contributed by atoms with Gasteiger partial charge in [-0.05, 0) is 115 Å². The van der Waals surface area contributed by atoms with Crippen LogP contribution in [-0.4, -0.2) is 18.1 Å². The van der Waals surface area contributed by atoms with Crippen molar-refractivity contribution in [3.05, 3.63) is 275 Å². The first-order valence-corrected chi connectivity index (χ1v) is 23.3. The Kier molecular flexibility index (Phi) is 13.5. The normalized spacial score (nSPS) is 11.1. The molecule has 318 valence electrons. The van der Waals surface area contributed by atoms with Gasteiger partial charge in [0, 0.05) is 18.8 Å². The predicted molar refractivity (Wildman–Crippen MR) is 285 cm³/mol. The highest BCUT2D eigenvalue weighted by atomic mass is 32.1. The highest BCUT2D eigenvalue weighted by Gasteiger charge is 2.16. The lowest BCUT2D eigenvalue weighted by atomic mass is 9.86. The minimum absolute atomic E-state index is 0.590. The molecule has 0 spiro atoms. The Morgan fingerprint density at radius 2 is 0.864 bits per heavy atom. The Morgan fingerprint density at radius 3 is 1.24 bits per heavy atom. The molecule has 0 atom stereocenters. The largest absolute Gasteiger partial charge is 0.372 e. The van der Waals surface area contributed by atoms with Crippen LogP contribution in [0.2, 0.25) is 0 Å². The van der Waals surface area contributed by atoms with E-state index in [-0.39, 0.29) is 0 Å². The van der Waals surface area contributed by atoms with Crippen molar-refractivity contribution in [3.8, 4) is 0 Å². The topological polar surface area (TPSA) is 20.5 Å². The SMILES string of the molecule is [C-]#[N+]/C(=C\c1ccc(N(CC)CC)cc1)c1nc2ccccc2s1.c1cc2ccc3cccc4ccc(c1)c2c34.c1ccc(C(=C(c2ccccc2)c2ccccc2)c2ccccc2)cc1. The number of para-hydroxylation sites is 1. The standard InChI is InChI=1S/C26H20.C20H19N3S.C16H10/c1-5-13-21(14-6-1)25(22-15-7-2-8-16-22)26(23-17-9-3-10-18-23)24-19-11-4-12-20-24;1-4-23(5-2)16-12-10-15(11-13-16)14-18(21-3)20-22-17-8-6-7-9-19(17)24-20;1-3-11-7-9-13-5-2-6-14-10-8-12(4-1)15(11)16(13)14/h1-20H;6-14H,4-5H2,1-2H3;1-10H/b;18-14-;. The Bertz CT molecular complexity index is 3090. The number of anilines is 1. The molecule has 0 amide bonds. The zero-order chi connectivity index (χ0) is 45.1. The zero-order valence-electron chi connectivity index (χ0n) is 37.2. The van der Waals surface area contributed by atoms with Crippen molar-refractivity contribution in [2.24, 2.45) is 0 Å². The van der Waals surface area contributed by atoms with Crippen molar-refractivity contribution in [2.75, 3.05) is 18.0 Å². The highest BCUT2D eigenvalue weighted by Crippen LogP contribution is 2.37. The molecule has 1 aromatic heterocycles. The summed E-state index contributed by atoms with van der Waals surface area (Å²) in [5.41, 5.74) is 11.2. The van der Waals surface area contributed by atoms with Crippen LogP contribution >= 0.6 is 11.3 Å². The summed E-state index contributed by atoms with van der Waals surface area (Å²) in [5.74, 6) is 0. The molecule has 0 fully saturated rings. The van der Waals surface area contributed by atoms with Gasteiger partial charge in [-0.1, -0.05) is 206 Å². The van der Waals surface area contributed by atoms with E-state index in [2.05, 4.69) is 235 Å². The number of fused-ring (bicyclic) bond motifs is 1. The average molecular weight is 868 g/mol. The Morgan fingerprint density at radius 1 is 0.470 bits per heavy atom. The summed E-state index contributed by atoms with van der Waals surface area (Å²) in [6, 6.07) is 80.8. The molecule has 0 N–H and O–H groups in total. The Labute approximate surface area is 392 Å². The summed E-state index contributed by atoms with van der Waals surface area (Å²) in [6.45, 7) is 13.8. The van der Waals surface area contributed by atoms with Gasteiger partial charge in [0.15, 0.2) is 0 Å². The fourth-order valence-electron chi connectivity index (χ4n) is 8.65. The van der Waals surface area contributed by atoms with Crippen LogP contribution in [0, 0.1) is 6.57 Å². The van der Waals surface area contributed by atoms with Gasteiger partial charge in [-0.3, -0.25) is 0 Å². The van der Waals surface area contributed by atoms with Crippen LogP contribution < -0.4 is 4.90 Å². The third-order valence-corrected chi connectivity index (χ3v) is 12.9. The quantitative estimate of drug-likeness (QED) is 0.0818. The van der Waals surface area contributed by atoms with Crippen molar-refractivity contribution < 1.29 is 0 Å². The summed E-state index contributed by atoms with van der Waals surface area (Å²) in [4.78, 5) is 10.6. The van der Waals surface area contributed by atoms with E-state index >= 15 is 0 Å². The number of benzene rings is 10. The third kappa shape index (κ3) is 9.54. The zero-order valence-corrected chi connectivity index (χ0v) is 38.0. The lowest BCUT2D eigenvalue weighted by Gasteiger charge is -2.20. The van der Waals surface area contributed by atoms with Gasteiger partial charge in [0.05, 0.1) is 16.8 Å². The maximum atomic E-state index is 7.51. The van der Waals surface area contributed by atoms with Crippen molar-refractivity contribution >= 4 is 82.5 Å². The van der Waals surface area contributed by atoms with Crippen molar-refractivity contribution in [1.29, 1.82) is 0 Å². The van der Waals surface area contributed by atoms with Gasteiger partial charge < -0.3 is 4.90 Å². The summed E-state index contributed by atoms with van der Waals surface area (Å²) in [7, 11) is 0. The first-order valence-electron chi connectivity index (χ1n) is 22.5. The molecule has 0 aliphatic carbocycles. The molecule has 11 aromatic rings. The molecule has 0 bridgehead atoms. The van der Waals surface area contributed by atoms with Crippen molar-refractivity contribution in [3.63, 3.8) is 0 Å². The highest BCUT2D eigenvalue weighted by molar-refractivity contribution is 7.19. The fourth-order valence-corrected chi connectivity index (χ4v) is 9.58. The van der Waals surface area contributed by atoms with Gasteiger partial charge >= 0.3 is 0 Å². The third-order valence-electron chi connectivity index (χ3n) is 11.9. The molecule has 10 aromatic carbocycles. The number of rotatable bonds is 9. The number of hydrogen-bond donors (Lipinski definition) is 0. The van der Waals surface area contributed by atoms with E-state index < -0.39 is 0 Å². The van der Waals surface area contributed by atoms with E-state index in [1.165, 1.54) is 71.4 Å². The van der Waals surface area contributed by atoms with E-state index in [4.69, 9.17) is 6.57 Å². The maximum Gasteiger partial charge on any atom is 0.222 e. The summed E-state index contributed by atoms with van der Waals surface area (Å²) in [5, 5.41) is 8.92. The minimum Gasteiger partial charge on any atom is -0.372 e. The Balaban J connectivity index is 0.000000128. The molecule has 0 aliphatic heterocycles. The summed E-state index contributed by atoms with van der Waals surface area (Å²) in [6.07, 6.45) is 1.91. The molecule has 0 unspecified atom stereocenters. The molecule has 11 rings (SSSR count). The van der Waals surface area contributed by atoms with Crippen LogP contribution in [0.1, 0.15) is 46.7 Å². The second kappa shape index (κ2) is 20.6. The molecule has 0 saturated heterocycles. The van der Waals surface area contributed by atoms with E-state index in [0.29, 0.717) is 5.70 Å². The van der Waals surface area contributed by atoms with Gasteiger partial charge in [0.2, 0.25) is 5.70 Å². The summed E-state index contributed by atoms with van der Waals surface area (Å²) < 4.78 is 1.11. The second-order valence-corrected chi connectivity index (χ2v) is 16.9. The van der Waals surface area contributed by atoms with Gasteiger partial charge in [-0.25, -0.2) is 9.83 Å². The second-order valence-electron chi connectivity index (χ2n) is 15.9. The molecule has 66 heavy (non-hydrogen) atoms. The monoisotopic (exact) mass is 867 g/mol. The molecule has 0 aliphatic rings. The number of nitrogens with zero attached hydrogens (tertiary/aromatic N) is 3. The first-order chi connectivity index (χ1) is 32.6. The number of hydrogen-bond acceptors (Lipinski definition) is 3. The average Bonchev–Trinajstić information content (AvgIpc) is 3.83. The lowest BCUT2D eigenvalue weighted by molar-refractivity contribution is 0.866. The smallest absolute Gasteiger partial charge is 0.222 e. The van der Waals surface area contributed by atoms with Gasteiger partial charge in [0.25, 0.3) is 0 Å². The number of aromatic nitrogens is 1. The van der Waals surface area contributed by atoms with E-state index in [1.807, 2.05) is 30.3 Å². The van der Waals surface area contributed by atoms with Crippen molar-refractivity contribution in [1.82, 2.24) is 4.98 Å². The minimum atomic E-state index is 0.590. The van der Waals surface area contributed by atoms with Gasteiger partial charge in [0.1, 0.15) is 5.01 Å². The van der Waals surface area contributed by atoms with Crippen molar-refractivity contribution in [2.45, 2.75) is 13.8 Å². The number of thiazole rings is 1. The van der Waals surface area contributed by atoms with Crippen LogP contribution in [0.25, 0.3) is 70.3 Å². The molecule has 0 saturated carbocycles. The first kappa shape index (κ1) is 43.2. The van der Waals surface area contributed by atoms with Crippen LogP contribution in [0.3, 0.4) is 0 Å². The molecule has 0 radical (unpaired) electrons.